The first-order valence-corrected chi connectivity index (χ1v) is 3.92. The minimum Gasteiger partial charge on any atom is -0.0500 e. The zero-order valence-electron chi connectivity index (χ0n) is 5.09. The summed E-state index contributed by atoms with van der Waals surface area (Å²) in [6.45, 7) is 2.01. The van der Waals surface area contributed by atoms with Crippen molar-refractivity contribution in [1.29, 1.82) is 0 Å². The summed E-state index contributed by atoms with van der Waals surface area (Å²) in [5, 5.41) is 0.350. The summed E-state index contributed by atoms with van der Waals surface area (Å²) < 4.78 is 10.1. The lowest BCUT2D eigenvalue weighted by atomic mass is 10.2. The highest BCUT2D eigenvalue weighted by Crippen LogP contribution is 2.33. The highest BCUT2D eigenvalue weighted by molar-refractivity contribution is 7.66. The molecular weight excluding hydrogens is 120 g/mol. The molecule has 0 aliphatic heterocycles. The van der Waals surface area contributed by atoms with Crippen molar-refractivity contribution in [2.75, 3.05) is 0 Å². The van der Waals surface area contributed by atoms with Crippen molar-refractivity contribution in [3.8, 4) is 0 Å². The van der Waals surface area contributed by atoms with Gasteiger partial charge in [-0.05, 0) is 25.7 Å². The van der Waals surface area contributed by atoms with Crippen LogP contribution in [-0.4, -0.2) is 5.25 Å². The van der Waals surface area contributed by atoms with Crippen molar-refractivity contribution in [3.63, 3.8) is 0 Å². The maximum atomic E-state index is 10.1. The van der Waals surface area contributed by atoms with Gasteiger partial charge in [0.1, 0.15) is 0 Å². The molecule has 0 amide bonds. The van der Waals surface area contributed by atoms with Crippen LogP contribution < -0.4 is 0 Å². The molecule has 0 bridgehead atoms. The average Bonchev–Trinajstić information content (AvgIpc) is 2.50. The molecule has 0 N–H and O–H groups in total. The molecule has 0 aromatic rings. The van der Waals surface area contributed by atoms with Crippen molar-refractivity contribution in [1.82, 2.24) is 0 Å². The van der Waals surface area contributed by atoms with E-state index in [2.05, 4.69) is 0 Å². The molecule has 0 heterocycles. The van der Waals surface area contributed by atoms with Crippen LogP contribution >= 0.6 is 0 Å². The third-order valence-electron chi connectivity index (χ3n) is 1.53. The Morgan fingerprint density at radius 3 is 2.75 bits per heavy atom. The van der Waals surface area contributed by atoms with Crippen molar-refractivity contribution < 1.29 is 4.21 Å². The minimum absolute atomic E-state index is 0.350. The van der Waals surface area contributed by atoms with Gasteiger partial charge in [0, 0.05) is 10.6 Å². The van der Waals surface area contributed by atoms with Gasteiger partial charge in [-0.2, -0.15) is 0 Å². The van der Waals surface area contributed by atoms with E-state index in [0.29, 0.717) is 5.25 Å². The summed E-state index contributed by atoms with van der Waals surface area (Å²) in [4.78, 5) is 0. The van der Waals surface area contributed by atoms with E-state index < -0.39 is 0 Å². The topological polar surface area (TPSA) is 17.1 Å². The molecule has 1 aliphatic rings. The maximum Gasteiger partial charge on any atom is 0.461 e. The van der Waals surface area contributed by atoms with Crippen LogP contribution in [0.25, 0.3) is 0 Å². The summed E-state index contributed by atoms with van der Waals surface area (Å²) in [5.41, 5.74) is 0. The Kier molecular flexibility index (Phi) is 1.95. The molecule has 1 unspecified atom stereocenters. The smallest absolute Gasteiger partial charge is 0.0500 e. The molecule has 1 aliphatic carbocycles. The summed E-state index contributed by atoms with van der Waals surface area (Å²) in [5.74, 6) is 0.909. The Morgan fingerprint density at radius 1 is 1.75 bits per heavy atom. The molecule has 46 valence electrons. The fourth-order valence-electron chi connectivity index (χ4n) is 0.862. The van der Waals surface area contributed by atoms with Crippen LogP contribution in [0.3, 0.4) is 0 Å². The maximum absolute atomic E-state index is 10.1. The van der Waals surface area contributed by atoms with Gasteiger partial charge in [-0.3, -0.25) is 0 Å². The van der Waals surface area contributed by atoms with Gasteiger partial charge in [-0.25, -0.2) is 0 Å². The summed E-state index contributed by atoms with van der Waals surface area (Å²) >= 11 is 0.743. The lowest BCUT2D eigenvalue weighted by Gasteiger charge is -1.85. The van der Waals surface area contributed by atoms with Crippen molar-refractivity contribution in [2.45, 2.75) is 31.4 Å². The fraction of sp³-hybridized carbons (Fsp3) is 1.00. The molecule has 0 radical (unpaired) electrons. The molecule has 0 spiro atoms. The molecule has 8 heavy (non-hydrogen) atoms. The Balaban J connectivity index is 2.06. The van der Waals surface area contributed by atoms with Gasteiger partial charge >= 0.3 is 11.7 Å². The van der Waals surface area contributed by atoms with Crippen LogP contribution in [0.1, 0.15) is 26.2 Å². The molecule has 1 nitrogen and oxygen atoms in total. The van der Waals surface area contributed by atoms with Gasteiger partial charge in [0.05, 0.1) is 0 Å². The van der Waals surface area contributed by atoms with Crippen LogP contribution in [0.15, 0.2) is 0 Å². The van der Waals surface area contributed by atoms with Gasteiger partial charge in [-0.15, -0.1) is 0 Å². The van der Waals surface area contributed by atoms with E-state index >= 15 is 0 Å². The van der Waals surface area contributed by atoms with Crippen LogP contribution in [-0.2, 0) is 15.9 Å². The number of hydrogen-bond donors (Lipinski definition) is 0. The molecular formula is C6H11OS+. The quantitative estimate of drug-likeness (QED) is 0.532. The van der Waals surface area contributed by atoms with E-state index in [1.165, 1.54) is 12.8 Å². The highest BCUT2D eigenvalue weighted by atomic mass is 32.1. The van der Waals surface area contributed by atoms with Crippen LogP contribution in [0.4, 0.5) is 0 Å². The van der Waals surface area contributed by atoms with E-state index in [4.69, 9.17) is 0 Å². The monoisotopic (exact) mass is 131 g/mol. The lowest BCUT2D eigenvalue weighted by Crippen LogP contribution is -1.98. The summed E-state index contributed by atoms with van der Waals surface area (Å²) in [7, 11) is 0. The minimum atomic E-state index is 0.350. The predicted molar refractivity (Wildman–Crippen MR) is 34.9 cm³/mol. The molecule has 1 atom stereocenters. The Labute approximate surface area is 54.0 Å². The molecule has 0 aromatic heterocycles. The molecule has 2 heteroatoms. The zero-order valence-corrected chi connectivity index (χ0v) is 5.91. The second-order valence-corrected chi connectivity index (χ2v) is 3.58. The second kappa shape index (κ2) is 2.53. The molecule has 1 saturated carbocycles. The normalized spacial score (nSPS) is 22.6. The second-order valence-electron chi connectivity index (χ2n) is 2.59. The molecule has 0 saturated heterocycles. The fourth-order valence-corrected chi connectivity index (χ4v) is 1.21. The van der Waals surface area contributed by atoms with Gasteiger partial charge in [0.2, 0.25) is 5.25 Å². The van der Waals surface area contributed by atoms with Crippen LogP contribution in [0, 0.1) is 5.92 Å². The summed E-state index contributed by atoms with van der Waals surface area (Å²) in [6, 6.07) is 0. The van der Waals surface area contributed by atoms with Crippen molar-refractivity contribution in [3.05, 3.63) is 0 Å². The Morgan fingerprint density at radius 2 is 2.38 bits per heavy atom. The van der Waals surface area contributed by atoms with Gasteiger partial charge < -0.3 is 0 Å². The summed E-state index contributed by atoms with van der Waals surface area (Å²) in [6.07, 6.45) is 3.88. The standard InChI is InChI=1S/C6H11OS/c1-5(8-7)4-6-2-3-6/h5-6H,2-4H2,1H3/q+1. The highest BCUT2D eigenvalue weighted by Gasteiger charge is 2.28. The predicted octanol–water partition coefficient (Wildman–Crippen LogP) is 1.60. The molecule has 0 aromatic carbocycles. The van der Waals surface area contributed by atoms with Gasteiger partial charge in [-0.1, -0.05) is 0 Å². The first kappa shape index (κ1) is 6.14. The van der Waals surface area contributed by atoms with E-state index in [1.54, 1.807) is 0 Å². The SMILES string of the molecule is CC(CC1CC1)[S+]=O. The molecule has 1 rings (SSSR count). The third-order valence-corrected chi connectivity index (χ3v) is 2.05. The van der Waals surface area contributed by atoms with Gasteiger partial charge in [0.25, 0.3) is 0 Å². The van der Waals surface area contributed by atoms with Crippen LogP contribution in [0.2, 0.25) is 0 Å². The first-order valence-electron chi connectivity index (χ1n) is 3.11. The van der Waals surface area contributed by atoms with E-state index in [-0.39, 0.29) is 0 Å². The largest absolute Gasteiger partial charge is 0.461 e. The Bertz CT molecular complexity index is 88.5. The average molecular weight is 131 g/mol. The first-order chi connectivity index (χ1) is 3.83. The van der Waals surface area contributed by atoms with E-state index in [0.717, 1.165) is 24.0 Å². The van der Waals surface area contributed by atoms with Crippen LogP contribution in [0.5, 0.6) is 0 Å². The van der Waals surface area contributed by atoms with Gasteiger partial charge in [0.15, 0.2) is 0 Å². The van der Waals surface area contributed by atoms with E-state index in [1.807, 2.05) is 6.92 Å². The third kappa shape index (κ3) is 1.86. The van der Waals surface area contributed by atoms with E-state index in [9.17, 15) is 4.21 Å². The number of hydrogen-bond acceptors (Lipinski definition) is 1. The van der Waals surface area contributed by atoms with Crippen molar-refractivity contribution in [2.24, 2.45) is 5.92 Å². The molecule has 1 fully saturated rings. The van der Waals surface area contributed by atoms with Crippen molar-refractivity contribution >= 4 is 11.7 Å². The zero-order chi connectivity index (χ0) is 5.98. The number of rotatable bonds is 3. The lowest BCUT2D eigenvalue weighted by molar-refractivity contribution is 0.591. The Hall–Kier alpha value is 0.0200.